The topological polar surface area (TPSA) is 58.4 Å². The number of anilines is 1. The van der Waals surface area contributed by atoms with Gasteiger partial charge in [0.15, 0.2) is 0 Å². The number of benzene rings is 1. The molecule has 0 radical (unpaired) electrons. The molecule has 0 bridgehead atoms. The largest absolute Gasteiger partial charge is 0.399 e. The Hall–Kier alpha value is -1.62. The predicted molar refractivity (Wildman–Crippen MR) is 72.9 cm³/mol. The second-order valence-electron chi connectivity index (χ2n) is 5.10. The van der Waals surface area contributed by atoms with Crippen LogP contribution in [0.1, 0.15) is 25.3 Å². The molecule has 0 aliphatic carbocycles. The maximum Gasteiger partial charge on any atom is 0.217 e. The Balaban J connectivity index is 1.87. The highest BCUT2D eigenvalue weighted by atomic mass is 19.1. The lowest BCUT2D eigenvalue weighted by atomic mass is 10.0. The molecule has 0 saturated carbocycles. The van der Waals surface area contributed by atoms with Crippen LogP contribution in [0.2, 0.25) is 0 Å². The number of hydrogen-bond acceptors (Lipinski definition) is 3. The van der Waals surface area contributed by atoms with Gasteiger partial charge < -0.3 is 11.1 Å². The first kappa shape index (κ1) is 13.8. The van der Waals surface area contributed by atoms with Crippen molar-refractivity contribution in [1.29, 1.82) is 0 Å². The van der Waals surface area contributed by atoms with Gasteiger partial charge in [0.25, 0.3) is 0 Å². The molecule has 1 heterocycles. The van der Waals surface area contributed by atoms with E-state index < -0.39 is 0 Å². The van der Waals surface area contributed by atoms with E-state index >= 15 is 0 Å². The van der Waals surface area contributed by atoms with E-state index in [1.165, 1.54) is 13.0 Å². The molecule has 5 heteroatoms. The average Bonchev–Trinajstić information content (AvgIpc) is 2.34. The Morgan fingerprint density at radius 2 is 2.16 bits per heavy atom. The van der Waals surface area contributed by atoms with Crippen LogP contribution in [-0.2, 0) is 11.3 Å². The number of likely N-dealkylation sites (tertiary alicyclic amines) is 1. The molecule has 19 heavy (non-hydrogen) atoms. The van der Waals surface area contributed by atoms with Gasteiger partial charge in [0.1, 0.15) is 5.82 Å². The number of nitrogens with zero attached hydrogens (tertiary/aromatic N) is 1. The van der Waals surface area contributed by atoms with E-state index in [0.29, 0.717) is 17.8 Å². The number of nitrogens with two attached hydrogens (primary N) is 1. The molecule has 2 rings (SSSR count). The summed E-state index contributed by atoms with van der Waals surface area (Å²) in [5.41, 5.74) is 6.65. The first-order chi connectivity index (χ1) is 9.04. The minimum atomic E-state index is -0.246. The molecule has 0 aromatic heterocycles. The zero-order valence-corrected chi connectivity index (χ0v) is 11.2. The number of halogens is 1. The van der Waals surface area contributed by atoms with Crippen LogP contribution >= 0.6 is 0 Å². The predicted octanol–water partition coefficient (Wildman–Crippen LogP) is 1.51. The van der Waals surface area contributed by atoms with Gasteiger partial charge in [-0.05, 0) is 25.0 Å². The second kappa shape index (κ2) is 6.02. The van der Waals surface area contributed by atoms with E-state index in [2.05, 4.69) is 10.2 Å². The van der Waals surface area contributed by atoms with Gasteiger partial charge in [0.05, 0.1) is 0 Å². The zero-order chi connectivity index (χ0) is 13.8. The number of nitrogen functional groups attached to an aromatic ring is 1. The van der Waals surface area contributed by atoms with Gasteiger partial charge in [-0.2, -0.15) is 0 Å². The summed E-state index contributed by atoms with van der Waals surface area (Å²) < 4.78 is 13.7. The molecule has 1 saturated heterocycles. The quantitative estimate of drug-likeness (QED) is 0.814. The number of nitrogens with one attached hydrogen (secondary N) is 1. The summed E-state index contributed by atoms with van der Waals surface area (Å²) in [6, 6.07) is 5.08. The minimum Gasteiger partial charge on any atom is -0.399 e. The lowest BCUT2D eigenvalue weighted by Crippen LogP contribution is -2.43. The van der Waals surface area contributed by atoms with E-state index in [-0.39, 0.29) is 17.8 Å². The van der Waals surface area contributed by atoms with Crippen molar-refractivity contribution in [1.82, 2.24) is 10.2 Å². The van der Waals surface area contributed by atoms with Crippen molar-refractivity contribution in [3.05, 3.63) is 29.6 Å². The number of hydrogen-bond donors (Lipinski definition) is 2. The molecule has 4 nitrogen and oxygen atoms in total. The third-order valence-corrected chi connectivity index (χ3v) is 3.47. The third-order valence-electron chi connectivity index (χ3n) is 3.47. The van der Waals surface area contributed by atoms with Gasteiger partial charge in [0.2, 0.25) is 5.91 Å². The lowest BCUT2D eigenvalue weighted by molar-refractivity contribution is -0.119. The highest BCUT2D eigenvalue weighted by molar-refractivity contribution is 5.73. The summed E-state index contributed by atoms with van der Waals surface area (Å²) in [4.78, 5) is 13.2. The van der Waals surface area contributed by atoms with Gasteiger partial charge in [-0.25, -0.2) is 4.39 Å². The average molecular weight is 265 g/mol. The van der Waals surface area contributed by atoms with Gasteiger partial charge in [-0.1, -0.05) is 6.07 Å². The molecule has 1 fully saturated rings. The molecule has 1 aliphatic rings. The van der Waals surface area contributed by atoms with Crippen LogP contribution in [0.4, 0.5) is 10.1 Å². The molecule has 1 aromatic rings. The van der Waals surface area contributed by atoms with E-state index in [4.69, 9.17) is 5.73 Å². The summed E-state index contributed by atoms with van der Waals surface area (Å²) in [7, 11) is 0. The minimum absolute atomic E-state index is 0.0167. The Morgan fingerprint density at radius 1 is 1.47 bits per heavy atom. The fourth-order valence-corrected chi connectivity index (χ4v) is 2.46. The highest BCUT2D eigenvalue weighted by Crippen LogP contribution is 2.17. The standard InChI is InChI=1S/C14H20FN3O/c1-10(19)17-13-4-6-18(7-5-13)9-11-2-3-12(16)8-14(11)15/h2-3,8,13H,4-7,9,16H2,1H3,(H,17,19). The lowest BCUT2D eigenvalue weighted by Gasteiger charge is -2.32. The van der Waals surface area contributed by atoms with Crippen molar-refractivity contribution in [3.63, 3.8) is 0 Å². The van der Waals surface area contributed by atoms with E-state index in [9.17, 15) is 9.18 Å². The molecule has 1 amide bonds. The van der Waals surface area contributed by atoms with Gasteiger partial charge in [-0.3, -0.25) is 9.69 Å². The Kier molecular flexibility index (Phi) is 4.37. The van der Waals surface area contributed by atoms with Crippen LogP contribution in [-0.4, -0.2) is 29.9 Å². The molecule has 104 valence electrons. The van der Waals surface area contributed by atoms with Crippen LogP contribution in [0.5, 0.6) is 0 Å². The van der Waals surface area contributed by atoms with Crippen LogP contribution in [0, 0.1) is 5.82 Å². The van der Waals surface area contributed by atoms with Crippen molar-refractivity contribution in [2.75, 3.05) is 18.8 Å². The van der Waals surface area contributed by atoms with E-state index in [0.717, 1.165) is 25.9 Å². The fraction of sp³-hybridized carbons (Fsp3) is 0.500. The summed E-state index contributed by atoms with van der Waals surface area (Å²) in [6.07, 6.45) is 1.83. The van der Waals surface area contributed by atoms with Crippen molar-refractivity contribution >= 4 is 11.6 Å². The smallest absolute Gasteiger partial charge is 0.217 e. The summed E-state index contributed by atoms with van der Waals surface area (Å²) >= 11 is 0. The molecule has 0 spiro atoms. The number of carbonyl (C=O) groups excluding carboxylic acids is 1. The first-order valence-corrected chi connectivity index (χ1v) is 6.58. The molecular formula is C14H20FN3O. The number of carbonyl (C=O) groups is 1. The zero-order valence-electron chi connectivity index (χ0n) is 11.2. The SMILES string of the molecule is CC(=O)NC1CCN(Cc2ccc(N)cc2F)CC1. The maximum absolute atomic E-state index is 13.7. The monoisotopic (exact) mass is 265 g/mol. The maximum atomic E-state index is 13.7. The van der Waals surface area contributed by atoms with E-state index in [1.807, 2.05) is 0 Å². The summed E-state index contributed by atoms with van der Waals surface area (Å²) in [5, 5.41) is 2.93. The van der Waals surface area contributed by atoms with Crippen molar-refractivity contribution in [2.45, 2.75) is 32.4 Å². The molecule has 1 aliphatic heterocycles. The van der Waals surface area contributed by atoms with E-state index in [1.54, 1.807) is 12.1 Å². The van der Waals surface area contributed by atoms with Crippen LogP contribution < -0.4 is 11.1 Å². The molecular weight excluding hydrogens is 245 g/mol. The summed E-state index contributed by atoms with van der Waals surface area (Å²) in [5.74, 6) is -0.230. The van der Waals surface area contributed by atoms with Crippen LogP contribution in [0.3, 0.4) is 0 Å². The molecule has 0 unspecified atom stereocenters. The van der Waals surface area contributed by atoms with Gasteiger partial charge in [-0.15, -0.1) is 0 Å². The van der Waals surface area contributed by atoms with Crippen LogP contribution in [0.25, 0.3) is 0 Å². The van der Waals surface area contributed by atoms with Crippen molar-refractivity contribution in [3.8, 4) is 0 Å². The van der Waals surface area contributed by atoms with Crippen molar-refractivity contribution in [2.24, 2.45) is 0 Å². The number of rotatable bonds is 3. The Labute approximate surface area is 112 Å². The third kappa shape index (κ3) is 3.92. The number of piperidine rings is 1. The second-order valence-corrected chi connectivity index (χ2v) is 5.10. The Bertz CT molecular complexity index is 456. The number of amides is 1. The highest BCUT2D eigenvalue weighted by Gasteiger charge is 2.20. The summed E-state index contributed by atoms with van der Waals surface area (Å²) in [6.45, 7) is 3.87. The molecule has 0 atom stereocenters. The van der Waals surface area contributed by atoms with Crippen LogP contribution in [0.15, 0.2) is 18.2 Å². The normalized spacial score (nSPS) is 17.4. The first-order valence-electron chi connectivity index (χ1n) is 6.58. The van der Waals surface area contributed by atoms with Crippen molar-refractivity contribution < 1.29 is 9.18 Å². The van der Waals surface area contributed by atoms with Gasteiger partial charge >= 0.3 is 0 Å². The molecule has 3 N–H and O–H groups in total. The fourth-order valence-electron chi connectivity index (χ4n) is 2.46. The Morgan fingerprint density at radius 3 is 2.74 bits per heavy atom. The van der Waals surface area contributed by atoms with Gasteiger partial charge in [0, 0.05) is 43.9 Å². The molecule has 1 aromatic carbocycles.